The fourth-order valence-corrected chi connectivity index (χ4v) is 5.97. The lowest BCUT2D eigenvalue weighted by atomic mass is 9.84. The first-order valence-corrected chi connectivity index (χ1v) is 11.2. The van der Waals surface area contributed by atoms with Crippen LogP contribution < -0.4 is 9.64 Å². The number of methoxy groups -OCH3 is 1. The van der Waals surface area contributed by atoms with Crippen molar-refractivity contribution in [3.05, 3.63) is 48.7 Å². The minimum absolute atomic E-state index is 0.0107. The summed E-state index contributed by atoms with van der Waals surface area (Å²) in [7, 11) is 1.24. The smallest absolute Gasteiger partial charge is 0.213 e. The number of anilines is 1. The highest BCUT2D eigenvalue weighted by Gasteiger charge is 2.66. The van der Waals surface area contributed by atoms with Gasteiger partial charge in [0.15, 0.2) is 5.82 Å². The summed E-state index contributed by atoms with van der Waals surface area (Å²) in [6, 6.07) is 11.5. The van der Waals surface area contributed by atoms with Gasteiger partial charge in [0.2, 0.25) is 5.88 Å². The summed E-state index contributed by atoms with van der Waals surface area (Å²) >= 11 is 0. The number of benzene rings is 1. The van der Waals surface area contributed by atoms with Crippen LogP contribution in [0.5, 0.6) is 11.6 Å². The molecule has 3 aromatic rings. The quantitative estimate of drug-likeness (QED) is 0.605. The number of hydrogen-bond acceptors (Lipinski definition) is 7. The summed E-state index contributed by atoms with van der Waals surface area (Å²) in [5.41, 5.74) is 1.59. The van der Waals surface area contributed by atoms with Gasteiger partial charge in [-0.3, -0.25) is 4.90 Å². The van der Waals surface area contributed by atoms with Gasteiger partial charge in [-0.25, -0.2) is 9.37 Å². The normalized spacial score (nSPS) is 30.0. The molecule has 34 heavy (non-hydrogen) atoms. The van der Waals surface area contributed by atoms with Crippen molar-refractivity contribution in [2.24, 2.45) is 5.41 Å². The van der Waals surface area contributed by atoms with E-state index in [1.807, 2.05) is 25.9 Å². The highest BCUT2D eigenvalue weighted by molar-refractivity contribution is 5.74. The Balaban J connectivity index is 1.36. The fourth-order valence-electron chi connectivity index (χ4n) is 5.97. The van der Waals surface area contributed by atoms with E-state index in [1.54, 1.807) is 36.4 Å². The zero-order chi connectivity index (χ0) is 26.8. The molecule has 2 bridgehead atoms. The molecule has 1 N–H and O–H groups in total. The van der Waals surface area contributed by atoms with Gasteiger partial charge < -0.3 is 14.7 Å². The topological polar surface area (TPSA) is 74.6 Å². The number of phenols is 1. The number of hydrogen-bond donors (Lipinski definition) is 1. The number of fused-ring (bicyclic) bond motifs is 2. The molecule has 2 fully saturated rings. The Morgan fingerprint density at radius 1 is 1.18 bits per heavy atom. The predicted octanol–water partition coefficient (Wildman–Crippen LogP) is 4.18. The second-order valence-corrected chi connectivity index (χ2v) is 10.00. The van der Waals surface area contributed by atoms with Gasteiger partial charge >= 0.3 is 0 Å². The van der Waals surface area contributed by atoms with Gasteiger partial charge in [0.25, 0.3) is 0 Å². The number of piperidine rings is 1. The number of nitrogens with zero attached hydrogens (tertiary/aromatic N) is 5. The molecule has 7 nitrogen and oxygen atoms in total. The molecule has 1 aromatic carbocycles. The first-order valence-electron chi connectivity index (χ1n) is 12.7. The first-order chi connectivity index (χ1) is 17.3. The number of pyridine rings is 1. The van der Waals surface area contributed by atoms with Crippen molar-refractivity contribution >= 4 is 5.82 Å². The zero-order valence-electron chi connectivity index (χ0n) is 22.7. The van der Waals surface area contributed by atoms with E-state index >= 15 is 4.39 Å². The third-order valence-corrected chi connectivity index (χ3v) is 7.69. The number of aromatic hydroxyl groups is 1. The van der Waals surface area contributed by atoms with Gasteiger partial charge in [0.1, 0.15) is 11.9 Å². The van der Waals surface area contributed by atoms with E-state index in [0.29, 0.717) is 28.2 Å². The SMILES string of the molecule is [2H]C([2H])([2H])Oc1cc(-c2ccc(-c3ccc(N(C)[C@H]4[C@@H](F)[C@@]5(C)C[C@]4(C)CN5C)nn3)c(O)c2)ccn1. The van der Waals surface area contributed by atoms with Gasteiger partial charge in [0.05, 0.1) is 28.4 Å². The number of aromatic nitrogens is 3. The van der Waals surface area contributed by atoms with Crippen LogP contribution >= 0.6 is 0 Å². The van der Waals surface area contributed by atoms with Crippen molar-refractivity contribution in [3.8, 4) is 34.0 Å². The molecule has 0 amide bonds. The van der Waals surface area contributed by atoms with E-state index in [1.165, 1.54) is 12.3 Å². The Morgan fingerprint density at radius 2 is 1.97 bits per heavy atom. The third-order valence-electron chi connectivity index (χ3n) is 7.69. The van der Waals surface area contributed by atoms with Crippen molar-refractivity contribution < 1.29 is 18.3 Å². The Hall–Kier alpha value is -3.26. The van der Waals surface area contributed by atoms with Crippen LogP contribution in [0.4, 0.5) is 10.2 Å². The number of ether oxygens (including phenoxy) is 1. The van der Waals surface area contributed by atoms with Crippen LogP contribution in [0.15, 0.2) is 48.7 Å². The molecule has 1 aliphatic carbocycles. The van der Waals surface area contributed by atoms with Crippen molar-refractivity contribution in [2.45, 2.75) is 38.0 Å². The molecule has 1 aliphatic heterocycles. The molecule has 5 rings (SSSR count). The molecular formula is C26H30FN5O2. The van der Waals surface area contributed by atoms with Crippen molar-refractivity contribution in [3.63, 3.8) is 0 Å². The summed E-state index contributed by atoms with van der Waals surface area (Å²) in [5.74, 6) is 0.529. The molecule has 0 spiro atoms. The van der Waals surface area contributed by atoms with Crippen LogP contribution in [0, 0.1) is 5.41 Å². The van der Waals surface area contributed by atoms with Crippen LogP contribution in [-0.2, 0) is 0 Å². The van der Waals surface area contributed by atoms with E-state index in [-0.39, 0.29) is 23.1 Å². The van der Waals surface area contributed by atoms with Gasteiger partial charge in [-0.1, -0.05) is 13.0 Å². The number of rotatable bonds is 5. The lowest BCUT2D eigenvalue weighted by Crippen LogP contribution is -2.59. The maximum absolute atomic E-state index is 15.6. The molecular weight excluding hydrogens is 433 g/mol. The Morgan fingerprint density at radius 3 is 2.62 bits per heavy atom. The third kappa shape index (κ3) is 3.39. The van der Waals surface area contributed by atoms with E-state index in [9.17, 15) is 5.11 Å². The van der Waals surface area contributed by atoms with Crippen molar-refractivity contribution in [1.29, 1.82) is 0 Å². The lowest BCUT2D eigenvalue weighted by Gasteiger charge is -2.45. The monoisotopic (exact) mass is 466 g/mol. The minimum Gasteiger partial charge on any atom is -0.507 e. The summed E-state index contributed by atoms with van der Waals surface area (Å²) in [6.45, 7) is 4.95. The van der Waals surface area contributed by atoms with E-state index in [0.717, 1.165) is 13.0 Å². The van der Waals surface area contributed by atoms with Gasteiger partial charge in [-0.05, 0) is 61.9 Å². The maximum Gasteiger partial charge on any atom is 0.213 e. The molecule has 2 aliphatic rings. The zero-order valence-corrected chi connectivity index (χ0v) is 19.7. The van der Waals surface area contributed by atoms with Gasteiger partial charge in [0, 0.05) is 36.8 Å². The van der Waals surface area contributed by atoms with E-state index in [4.69, 9.17) is 8.85 Å². The van der Waals surface area contributed by atoms with Crippen LogP contribution in [-0.4, -0.2) is 70.6 Å². The summed E-state index contributed by atoms with van der Waals surface area (Å²) in [6.07, 6.45) is 1.22. The second-order valence-electron chi connectivity index (χ2n) is 10.00. The largest absolute Gasteiger partial charge is 0.507 e. The highest BCUT2D eigenvalue weighted by atomic mass is 19.1. The van der Waals surface area contributed by atoms with Crippen molar-refractivity contribution in [1.82, 2.24) is 20.1 Å². The average molecular weight is 467 g/mol. The van der Waals surface area contributed by atoms with Gasteiger partial charge in [-0.2, -0.15) is 0 Å². The Labute approximate surface area is 203 Å². The number of halogens is 1. The van der Waals surface area contributed by atoms with E-state index < -0.39 is 18.7 Å². The maximum atomic E-state index is 15.6. The predicted molar refractivity (Wildman–Crippen MR) is 130 cm³/mol. The van der Waals surface area contributed by atoms with Crippen molar-refractivity contribution in [2.75, 3.05) is 32.6 Å². The summed E-state index contributed by atoms with van der Waals surface area (Å²) in [5, 5.41) is 19.4. The summed E-state index contributed by atoms with van der Waals surface area (Å²) in [4.78, 5) is 7.94. The Kier molecular flexibility index (Phi) is 4.44. The molecule has 8 heteroatoms. The molecule has 4 atom stereocenters. The van der Waals surface area contributed by atoms with Crippen LogP contribution in [0.3, 0.4) is 0 Å². The lowest BCUT2D eigenvalue weighted by molar-refractivity contribution is 0.0410. The minimum atomic E-state index is -2.61. The van der Waals surface area contributed by atoms with Crippen LogP contribution in [0.1, 0.15) is 24.4 Å². The fraction of sp³-hybridized carbons (Fsp3) is 0.423. The standard InChI is InChI=1S/C26H30FN5O2/c1-25-14-26(2,31(3)15-25)23(27)24(25)32(4)21-9-8-19(29-30-21)18-7-6-16(12-20(18)33)17-10-11-28-22(13-17)34-5/h6-13,23-24,33H,14-15H2,1-5H3/t23-,24+,25-,26-/m1/s1/i5D3. The summed E-state index contributed by atoms with van der Waals surface area (Å²) < 4.78 is 42.2. The van der Waals surface area contributed by atoms with Crippen LogP contribution in [0.2, 0.25) is 0 Å². The molecule has 3 heterocycles. The Bertz CT molecular complexity index is 1320. The number of alkyl halides is 1. The van der Waals surface area contributed by atoms with Gasteiger partial charge in [-0.15, -0.1) is 10.2 Å². The number of likely N-dealkylation sites (tertiary alicyclic amines) is 1. The molecule has 0 unspecified atom stereocenters. The molecule has 178 valence electrons. The average Bonchev–Trinajstić information content (AvgIpc) is 3.18. The molecule has 0 radical (unpaired) electrons. The molecule has 2 aromatic heterocycles. The number of phenolic OH excluding ortho intramolecular Hbond substituents is 1. The second kappa shape index (κ2) is 7.91. The highest BCUT2D eigenvalue weighted by Crippen LogP contribution is 2.56. The first kappa shape index (κ1) is 19.1. The van der Waals surface area contributed by atoms with E-state index in [2.05, 4.69) is 27.0 Å². The van der Waals surface area contributed by atoms with Crippen LogP contribution in [0.25, 0.3) is 22.4 Å². The molecule has 1 saturated heterocycles. The molecule has 1 saturated carbocycles.